The molecule has 1 aromatic rings. The van der Waals surface area contributed by atoms with E-state index in [9.17, 15) is 13.2 Å². The molecule has 0 heterocycles. The van der Waals surface area contributed by atoms with Gasteiger partial charge < -0.3 is 10.1 Å². The highest BCUT2D eigenvalue weighted by Crippen LogP contribution is 2.22. The van der Waals surface area contributed by atoms with Crippen LogP contribution in [0.2, 0.25) is 0 Å². The monoisotopic (exact) mass is 338 g/mol. The van der Waals surface area contributed by atoms with Crippen LogP contribution >= 0.6 is 0 Å². The lowest BCUT2D eigenvalue weighted by Crippen LogP contribution is -2.32. The summed E-state index contributed by atoms with van der Waals surface area (Å²) in [7, 11) is -3.48. The predicted molar refractivity (Wildman–Crippen MR) is 85.7 cm³/mol. The molecule has 0 aromatic heterocycles. The number of nitrogens with one attached hydrogen (secondary N) is 2. The van der Waals surface area contributed by atoms with Gasteiger partial charge in [-0.25, -0.2) is 13.1 Å². The third kappa shape index (κ3) is 4.68. The van der Waals surface area contributed by atoms with Crippen LogP contribution in [0.15, 0.2) is 29.2 Å². The number of ether oxygens (including phenoxy) is 1. The van der Waals surface area contributed by atoms with Crippen LogP contribution in [0.1, 0.15) is 38.5 Å². The molecule has 2 saturated carbocycles. The largest absolute Gasteiger partial charge is 0.484 e. The van der Waals surface area contributed by atoms with Gasteiger partial charge in [0.15, 0.2) is 6.61 Å². The number of benzene rings is 1. The van der Waals surface area contributed by atoms with Gasteiger partial charge in [0.2, 0.25) is 10.0 Å². The van der Waals surface area contributed by atoms with E-state index in [0.29, 0.717) is 11.8 Å². The summed E-state index contributed by atoms with van der Waals surface area (Å²) < 4.78 is 32.7. The van der Waals surface area contributed by atoms with E-state index in [1.54, 1.807) is 12.1 Å². The molecule has 2 aliphatic carbocycles. The molecule has 0 atom stereocenters. The Balaban J connectivity index is 1.54. The zero-order chi connectivity index (χ0) is 16.3. The van der Waals surface area contributed by atoms with E-state index in [0.717, 1.165) is 38.5 Å². The van der Waals surface area contributed by atoms with Crippen LogP contribution in [0.5, 0.6) is 5.75 Å². The number of carbonyl (C=O) groups is 1. The Bertz CT molecular complexity index is 647. The first kappa shape index (κ1) is 16.3. The molecule has 2 N–H and O–H groups in total. The number of amides is 1. The van der Waals surface area contributed by atoms with Crippen molar-refractivity contribution in [3.63, 3.8) is 0 Å². The van der Waals surface area contributed by atoms with Gasteiger partial charge in [-0.15, -0.1) is 0 Å². The molecule has 23 heavy (non-hydrogen) atoms. The summed E-state index contributed by atoms with van der Waals surface area (Å²) in [5, 5.41) is 2.83. The fourth-order valence-corrected chi connectivity index (χ4v) is 4.00. The standard InChI is InChI=1S/C16H22N2O4S/c19-16(17-12-5-6-12)11-22-14-7-9-15(10-8-14)23(20,21)18-13-3-1-2-4-13/h7-10,12-13,18H,1-6,11H2,(H,17,19). The van der Waals surface area contributed by atoms with Crippen LogP contribution in [0.25, 0.3) is 0 Å². The van der Waals surface area contributed by atoms with E-state index >= 15 is 0 Å². The lowest BCUT2D eigenvalue weighted by Gasteiger charge is -2.13. The molecule has 1 amide bonds. The van der Waals surface area contributed by atoms with Crippen LogP contribution < -0.4 is 14.8 Å². The van der Waals surface area contributed by atoms with Crippen molar-refractivity contribution in [2.75, 3.05) is 6.61 Å². The molecule has 0 bridgehead atoms. The molecule has 7 heteroatoms. The van der Waals surface area contributed by atoms with Gasteiger partial charge in [0.05, 0.1) is 4.90 Å². The van der Waals surface area contributed by atoms with Crippen molar-refractivity contribution < 1.29 is 17.9 Å². The summed E-state index contributed by atoms with van der Waals surface area (Å²) >= 11 is 0. The van der Waals surface area contributed by atoms with E-state index in [2.05, 4.69) is 10.0 Å². The Morgan fingerprint density at radius 2 is 1.70 bits per heavy atom. The van der Waals surface area contributed by atoms with Gasteiger partial charge in [-0.2, -0.15) is 0 Å². The quantitative estimate of drug-likeness (QED) is 0.790. The Kier molecular flexibility index (Phi) is 4.87. The lowest BCUT2D eigenvalue weighted by atomic mass is 10.3. The SMILES string of the molecule is O=C(COc1ccc(S(=O)(=O)NC2CCCC2)cc1)NC1CC1. The molecule has 2 fully saturated rings. The molecule has 0 spiro atoms. The normalized spacial score (nSPS) is 18.8. The fourth-order valence-electron chi connectivity index (χ4n) is 2.69. The van der Waals surface area contributed by atoms with Gasteiger partial charge in [0.1, 0.15) is 5.75 Å². The number of sulfonamides is 1. The summed E-state index contributed by atoms with van der Waals surface area (Å²) in [5.41, 5.74) is 0. The fraction of sp³-hybridized carbons (Fsp3) is 0.562. The third-order valence-electron chi connectivity index (χ3n) is 4.12. The van der Waals surface area contributed by atoms with E-state index in [4.69, 9.17) is 4.74 Å². The topological polar surface area (TPSA) is 84.5 Å². The van der Waals surface area contributed by atoms with Crippen molar-refractivity contribution in [3.05, 3.63) is 24.3 Å². The van der Waals surface area contributed by atoms with Crippen molar-refractivity contribution >= 4 is 15.9 Å². The Morgan fingerprint density at radius 1 is 1.04 bits per heavy atom. The maximum atomic E-state index is 12.3. The summed E-state index contributed by atoms with van der Waals surface area (Å²) in [6.45, 7) is -0.0527. The highest BCUT2D eigenvalue weighted by molar-refractivity contribution is 7.89. The van der Waals surface area contributed by atoms with Crippen LogP contribution in [-0.2, 0) is 14.8 Å². The first-order valence-corrected chi connectivity index (χ1v) is 9.56. The maximum Gasteiger partial charge on any atom is 0.258 e. The minimum Gasteiger partial charge on any atom is -0.484 e. The van der Waals surface area contributed by atoms with Crippen molar-refractivity contribution in [3.8, 4) is 5.75 Å². The molecule has 0 saturated heterocycles. The van der Waals surface area contributed by atoms with Crippen LogP contribution in [0.3, 0.4) is 0 Å². The number of hydrogen-bond donors (Lipinski definition) is 2. The van der Waals surface area contributed by atoms with Crippen LogP contribution in [0, 0.1) is 0 Å². The van der Waals surface area contributed by atoms with Gasteiger partial charge in [-0.05, 0) is 49.9 Å². The van der Waals surface area contributed by atoms with Crippen LogP contribution in [-0.4, -0.2) is 33.0 Å². The maximum absolute atomic E-state index is 12.3. The predicted octanol–water partition coefficient (Wildman–Crippen LogP) is 1.56. The van der Waals surface area contributed by atoms with Gasteiger partial charge in [-0.3, -0.25) is 4.79 Å². The smallest absolute Gasteiger partial charge is 0.258 e. The summed E-state index contributed by atoms with van der Waals surface area (Å²) in [6.07, 6.45) is 6.01. The average molecular weight is 338 g/mol. The second-order valence-corrected chi connectivity index (χ2v) is 7.92. The number of carbonyl (C=O) groups excluding carboxylic acids is 1. The zero-order valence-electron chi connectivity index (χ0n) is 13.0. The second-order valence-electron chi connectivity index (χ2n) is 6.20. The van der Waals surface area contributed by atoms with Gasteiger partial charge in [0.25, 0.3) is 5.91 Å². The molecular weight excluding hydrogens is 316 g/mol. The number of rotatable bonds is 7. The zero-order valence-corrected chi connectivity index (χ0v) is 13.8. The van der Waals surface area contributed by atoms with E-state index in [-0.39, 0.29) is 23.5 Å². The van der Waals surface area contributed by atoms with E-state index in [1.807, 2.05) is 0 Å². The Morgan fingerprint density at radius 3 is 2.30 bits per heavy atom. The van der Waals surface area contributed by atoms with Crippen molar-refractivity contribution in [1.29, 1.82) is 0 Å². The third-order valence-corrected chi connectivity index (χ3v) is 5.66. The summed E-state index contributed by atoms with van der Waals surface area (Å²) in [5.74, 6) is 0.336. The molecule has 0 aliphatic heterocycles. The van der Waals surface area contributed by atoms with Crippen molar-refractivity contribution in [2.24, 2.45) is 0 Å². The van der Waals surface area contributed by atoms with Crippen LogP contribution in [0.4, 0.5) is 0 Å². The molecule has 1 aromatic carbocycles. The second kappa shape index (κ2) is 6.88. The van der Waals surface area contributed by atoms with Gasteiger partial charge >= 0.3 is 0 Å². The molecule has 2 aliphatic rings. The molecule has 3 rings (SSSR count). The van der Waals surface area contributed by atoms with Crippen molar-refractivity contribution in [2.45, 2.75) is 55.5 Å². The Labute approximate surface area is 136 Å². The van der Waals surface area contributed by atoms with E-state index < -0.39 is 10.0 Å². The highest BCUT2D eigenvalue weighted by Gasteiger charge is 2.24. The summed E-state index contributed by atoms with van der Waals surface area (Å²) in [4.78, 5) is 11.8. The Hall–Kier alpha value is -1.60. The van der Waals surface area contributed by atoms with Gasteiger partial charge in [0, 0.05) is 12.1 Å². The minimum atomic E-state index is -3.48. The molecule has 6 nitrogen and oxygen atoms in total. The molecular formula is C16H22N2O4S. The first-order valence-electron chi connectivity index (χ1n) is 8.07. The first-order chi connectivity index (χ1) is 11.0. The van der Waals surface area contributed by atoms with E-state index in [1.165, 1.54) is 12.1 Å². The minimum absolute atomic E-state index is 0.0436. The highest BCUT2D eigenvalue weighted by atomic mass is 32.2. The molecule has 126 valence electrons. The van der Waals surface area contributed by atoms with Crippen molar-refractivity contribution in [1.82, 2.24) is 10.0 Å². The number of hydrogen-bond acceptors (Lipinski definition) is 4. The summed E-state index contributed by atoms with van der Waals surface area (Å²) in [6, 6.07) is 6.51. The molecule has 0 unspecified atom stereocenters. The lowest BCUT2D eigenvalue weighted by molar-refractivity contribution is -0.123. The average Bonchev–Trinajstić information content (AvgIpc) is 3.19. The van der Waals surface area contributed by atoms with Gasteiger partial charge in [-0.1, -0.05) is 12.8 Å². The molecule has 0 radical (unpaired) electrons.